The van der Waals surface area contributed by atoms with Crippen molar-refractivity contribution in [1.82, 2.24) is 0 Å². The first-order valence-electron chi connectivity index (χ1n) is 7.13. The van der Waals surface area contributed by atoms with Gasteiger partial charge in [-0.3, -0.25) is 0 Å². The first kappa shape index (κ1) is 16.3. The molecule has 0 spiro atoms. The molecule has 0 aliphatic heterocycles. The van der Waals surface area contributed by atoms with Gasteiger partial charge < -0.3 is 21.6 Å². The van der Waals surface area contributed by atoms with Crippen molar-refractivity contribution in [3.8, 4) is 0 Å². The van der Waals surface area contributed by atoms with E-state index in [0.29, 0.717) is 24.9 Å². The molecule has 5 heteroatoms. The van der Waals surface area contributed by atoms with Crippen molar-refractivity contribution in [2.24, 2.45) is 22.5 Å². The fourth-order valence-corrected chi connectivity index (χ4v) is 1.70. The Hall–Kier alpha value is -1.75. The number of hydrogen-bond acceptors (Lipinski definition) is 4. The third-order valence-electron chi connectivity index (χ3n) is 2.83. The maximum Gasteiger partial charge on any atom is 0.170 e. The van der Waals surface area contributed by atoms with E-state index >= 15 is 0 Å². The van der Waals surface area contributed by atoms with Crippen LogP contribution in [-0.2, 0) is 4.84 Å². The van der Waals surface area contributed by atoms with Gasteiger partial charge in [0.25, 0.3) is 0 Å². The van der Waals surface area contributed by atoms with Crippen molar-refractivity contribution in [3.05, 3.63) is 29.8 Å². The molecular formula is C15H26N4O. The van der Waals surface area contributed by atoms with Crippen LogP contribution in [0.15, 0.2) is 29.4 Å². The molecule has 0 radical (unpaired) electrons. The molecule has 0 saturated carbocycles. The quantitative estimate of drug-likeness (QED) is 0.279. The largest absolute Gasteiger partial charge is 0.394 e. The van der Waals surface area contributed by atoms with E-state index in [-0.39, 0.29) is 0 Å². The monoisotopic (exact) mass is 278 g/mol. The highest BCUT2D eigenvalue weighted by atomic mass is 16.6. The minimum absolute atomic E-state index is 0.403. The molecule has 0 unspecified atom stereocenters. The Morgan fingerprint density at radius 1 is 1.30 bits per heavy atom. The summed E-state index contributed by atoms with van der Waals surface area (Å²) in [6.45, 7) is 6.35. The van der Waals surface area contributed by atoms with Crippen LogP contribution in [-0.4, -0.2) is 25.5 Å². The fraction of sp³-hybridized carbons (Fsp3) is 0.533. The minimum Gasteiger partial charge on any atom is -0.394 e. The smallest absolute Gasteiger partial charge is 0.170 e. The number of rotatable bonds is 9. The summed E-state index contributed by atoms with van der Waals surface area (Å²) in [5, 5.41) is 7.13. The first-order chi connectivity index (χ1) is 9.63. The first-order valence-corrected chi connectivity index (χ1v) is 7.13. The van der Waals surface area contributed by atoms with Crippen molar-refractivity contribution >= 4 is 11.5 Å². The number of hydrogen-bond donors (Lipinski definition) is 3. The lowest BCUT2D eigenvalue weighted by Crippen LogP contribution is -2.15. The van der Waals surface area contributed by atoms with Gasteiger partial charge in [-0.1, -0.05) is 19.0 Å². The lowest BCUT2D eigenvalue weighted by Gasteiger charge is -2.06. The summed E-state index contributed by atoms with van der Waals surface area (Å²) in [6.07, 6.45) is 2.13. The van der Waals surface area contributed by atoms with E-state index < -0.39 is 0 Å². The van der Waals surface area contributed by atoms with Crippen LogP contribution in [0.3, 0.4) is 0 Å². The molecule has 0 aliphatic rings. The third-order valence-corrected chi connectivity index (χ3v) is 2.83. The number of amidine groups is 1. The number of anilines is 1. The predicted molar refractivity (Wildman–Crippen MR) is 84.7 cm³/mol. The van der Waals surface area contributed by atoms with Gasteiger partial charge in [0.05, 0.1) is 0 Å². The maximum absolute atomic E-state index is 5.87. The number of nitrogens with zero attached hydrogens (tertiary/aromatic N) is 1. The molecule has 5 N–H and O–H groups in total. The van der Waals surface area contributed by atoms with Gasteiger partial charge in [-0.15, -0.1) is 0 Å². The number of nitrogens with one attached hydrogen (secondary N) is 1. The molecule has 0 aliphatic carbocycles. The van der Waals surface area contributed by atoms with Gasteiger partial charge in [0, 0.05) is 24.3 Å². The molecule has 0 fully saturated rings. The number of oxime groups is 1. The van der Waals surface area contributed by atoms with E-state index in [2.05, 4.69) is 24.3 Å². The molecule has 0 heterocycles. The van der Waals surface area contributed by atoms with Gasteiger partial charge in [-0.25, -0.2) is 0 Å². The Morgan fingerprint density at radius 3 is 2.60 bits per heavy atom. The number of nitrogens with two attached hydrogens (primary N) is 2. The summed E-state index contributed by atoms with van der Waals surface area (Å²) in [6, 6.07) is 7.72. The Balaban J connectivity index is 2.40. The molecule has 20 heavy (non-hydrogen) atoms. The Labute approximate surface area is 121 Å². The van der Waals surface area contributed by atoms with Crippen LogP contribution in [0.2, 0.25) is 0 Å². The van der Waals surface area contributed by atoms with E-state index in [1.165, 1.54) is 0 Å². The molecule has 0 bridgehead atoms. The lowest BCUT2D eigenvalue weighted by molar-refractivity contribution is 0.137. The normalized spacial score (nSPS) is 11.7. The average molecular weight is 278 g/mol. The van der Waals surface area contributed by atoms with Crippen LogP contribution in [0.4, 0.5) is 5.69 Å². The van der Waals surface area contributed by atoms with Crippen molar-refractivity contribution < 1.29 is 4.84 Å². The molecule has 0 atom stereocenters. The lowest BCUT2D eigenvalue weighted by atomic mass is 10.1. The Morgan fingerprint density at radius 2 is 2.00 bits per heavy atom. The highest BCUT2D eigenvalue weighted by molar-refractivity contribution is 5.97. The van der Waals surface area contributed by atoms with Crippen LogP contribution in [0.5, 0.6) is 0 Å². The average Bonchev–Trinajstić information content (AvgIpc) is 2.44. The zero-order valence-corrected chi connectivity index (χ0v) is 12.4. The molecule has 0 saturated heterocycles. The summed E-state index contributed by atoms with van der Waals surface area (Å²) in [5.41, 5.74) is 13.2. The summed E-state index contributed by atoms with van der Waals surface area (Å²) >= 11 is 0. The standard InChI is InChI=1S/C15H26N4O/c1-12(2)4-3-11-20-19-15(17)13-5-7-14(8-6-13)18-10-9-16/h5-8,12,18H,3-4,9-11,16H2,1-2H3,(H2,17,19). The Kier molecular flexibility index (Phi) is 7.50. The van der Waals surface area contributed by atoms with Crippen molar-refractivity contribution in [2.75, 3.05) is 25.0 Å². The van der Waals surface area contributed by atoms with Gasteiger partial charge in [-0.05, 0) is 43.0 Å². The SMILES string of the molecule is CC(C)CCCON=C(N)c1ccc(NCCN)cc1. The summed E-state index contributed by atoms with van der Waals surface area (Å²) < 4.78 is 0. The molecule has 0 amide bonds. The molecule has 1 rings (SSSR count). The van der Waals surface area contributed by atoms with Gasteiger partial charge in [0.2, 0.25) is 0 Å². The van der Waals surface area contributed by atoms with E-state index in [0.717, 1.165) is 30.6 Å². The summed E-state index contributed by atoms with van der Waals surface area (Å²) in [7, 11) is 0. The van der Waals surface area contributed by atoms with Gasteiger partial charge in [0.1, 0.15) is 6.61 Å². The Bertz CT molecular complexity index is 401. The molecule has 0 aromatic heterocycles. The second kappa shape index (κ2) is 9.20. The minimum atomic E-state index is 0.403. The maximum atomic E-state index is 5.87. The highest BCUT2D eigenvalue weighted by Crippen LogP contribution is 2.09. The van der Waals surface area contributed by atoms with Crippen LogP contribution in [0.25, 0.3) is 0 Å². The topological polar surface area (TPSA) is 85.7 Å². The van der Waals surface area contributed by atoms with Gasteiger partial charge in [0.15, 0.2) is 5.84 Å². The highest BCUT2D eigenvalue weighted by Gasteiger charge is 2.00. The third kappa shape index (κ3) is 6.43. The van der Waals surface area contributed by atoms with E-state index in [1.807, 2.05) is 24.3 Å². The van der Waals surface area contributed by atoms with Gasteiger partial charge in [-0.2, -0.15) is 0 Å². The zero-order valence-electron chi connectivity index (χ0n) is 12.4. The van der Waals surface area contributed by atoms with Crippen molar-refractivity contribution in [2.45, 2.75) is 26.7 Å². The number of benzene rings is 1. The van der Waals surface area contributed by atoms with Crippen molar-refractivity contribution in [3.63, 3.8) is 0 Å². The van der Waals surface area contributed by atoms with E-state index in [1.54, 1.807) is 0 Å². The second-order valence-electron chi connectivity index (χ2n) is 5.14. The van der Waals surface area contributed by atoms with Crippen molar-refractivity contribution in [1.29, 1.82) is 0 Å². The predicted octanol–water partition coefficient (Wildman–Crippen LogP) is 2.13. The van der Waals surface area contributed by atoms with Gasteiger partial charge >= 0.3 is 0 Å². The summed E-state index contributed by atoms with van der Waals surface area (Å²) in [4.78, 5) is 5.23. The molecule has 5 nitrogen and oxygen atoms in total. The fourth-order valence-electron chi connectivity index (χ4n) is 1.70. The summed E-state index contributed by atoms with van der Waals surface area (Å²) in [5.74, 6) is 1.09. The molecule has 1 aromatic carbocycles. The van der Waals surface area contributed by atoms with Crippen LogP contribution < -0.4 is 16.8 Å². The van der Waals surface area contributed by atoms with Crippen LogP contribution in [0.1, 0.15) is 32.3 Å². The second-order valence-corrected chi connectivity index (χ2v) is 5.14. The van der Waals surface area contributed by atoms with Crippen LogP contribution in [0, 0.1) is 5.92 Å². The van der Waals surface area contributed by atoms with E-state index in [9.17, 15) is 0 Å². The van der Waals surface area contributed by atoms with E-state index in [4.69, 9.17) is 16.3 Å². The zero-order chi connectivity index (χ0) is 14.8. The molecule has 1 aromatic rings. The van der Waals surface area contributed by atoms with Crippen LogP contribution >= 0.6 is 0 Å². The molecular weight excluding hydrogens is 252 g/mol. The molecule has 112 valence electrons.